The van der Waals surface area contributed by atoms with E-state index in [1.165, 1.54) is 6.07 Å². The molecule has 0 radical (unpaired) electrons. The number of anilines is 2. The number of likely N-dealkylation sites (tertiary alicyclic amines) is 1. The summed E-state index contributed by atoms with van der Waals surface area (Å²) >= 11 is 5.91. The standard InChI is InChI=1S/C25H27ClFN5O/c1-25(2,3)32-14-11-21(22(32)17-7-10-19(26)20(27)15-17)31-23(33)16-5-8-18(9-6-16)30-24-28-12-4-13-29-24/h4-10,12-13,15,21-22H,11,14H2,1-3H3,(H,31,33)(H,28,29,30)/t21-,22+/m1/s1. The number of nitrogens with one attached hydrogen (secondary N) is 2. The topological polar surface area (TPSA) is 70.2 Å². The zero-order chi connectivity index (χ0) is 23.6. The van der Waals surface area contributed by atoms with E-state index >= 15 is 0 Å². The molecular weight excluding hydrogens is 441 g/mol. The number of aromatic nitrogens is 2. The van der Waals surface area contributed by atoms with Gasteiger partial charge in [-0.15, -0.1) is 0 Å². The molecule has 0 bridgehead atoms. The number of hydrogen-bond donors (Lipinski definition) is 2. The molecule has 1 aliphatic rings. The van der Waals surface area contributed by atoms with Crippen molar-refractivity contribution in [3.63, 3.8) is 0 Å². The molecule has 33 heavy (non-hydrogen) atoms. The number of halogens is 2. The molecule has 0 spiro atoms. The van der Waals surface area contributed by atoms with Crippen molar-refractivity contribution in [1.29, 1.82) is 0 Å². The van der Waals surface area contributed by atoms with Crippen LogP contribution in [0.25, 0.3) is 0 Å². The van der Waals surface area contributed by atoms with E-state index in [9.17, 15) is 9.18 Å². The number of rotatable bonds is 5. The summed E-state index contributed by atoms with van der Waals surface area (Å²) in [5.74, 6) is -0.135. The van der Waals surface area contributed by atoms with Gasteiger partial charge in [-0.05, 0) is 75.2 Å². The van der Waals surface area contributed by atoms with Crippen LogP contribution in [0.3, 0.4) is 0 Å². The SMILES string of the molecule is CC(C)(C)N1CC[C@@H](NC(=O)c2ccc(Nc3ncccn3)cc2)[C@@H]1c1ccc(Cl)c(F)c1. The Kier molecular flexibility index (Phi) is 6.63. The Hall–Kier alpha value is -3.03. The predicted octanol–water partition coefficient (Wildman–Crippen LogP) is 5.36. The first kappa shape index (κ1) is 23.1. The summed E-state index contributed by atoms with van der Waals surface area (Å²) in [5.41, 5.74) is 1.99. The minimum atomic E-state index is -0.453. The molecule has 0 aliphatic carbocycles. The van der Waals surface area contributed by atoms with Gasteiger partial charge in [0.1, 0.15) is 5.82 Å². The van der Waals surface area contributed by atoms with Gasteiger partial charge in [-0.3, -0.25) is 9.69 Å². The van der Waals surface area contributed by atoms with Gasteiger partial charge in [-0.2, -0.15) is 0 Å². The van der Waals surface area contributed by atoms with Gasteiger partial charge >= 0.3 is 0 Å². The van der Waals surface area contributed by atoms with Crippen LogP contribution in [0, 0.1) is 5.82 Å². The molecule has 2 N–H and O–H groups in total. The third kappa shape index (κ3) is 5.31. The molecule has 172 valence electrons. The summed E-state index contributed by atoms with van der Waals surface area (Å²) in [6.45, 7) is 7.17. The molecule has 0 unspecified atom stereocenters. The van der Waals surface area contributed by atoms with E-state index in [-0.39, 0.29) is 28.6 Å². The van der Waals surface area contributed by atoms with E-state index in [2.05, 4.69) is 46.3 Å². The van der Waals surface area contributed by atoms with Crippen molar-refractivity contribution in [2.75, 3.05) is 11.9 Å². The van der Waals surface area contributed by atoms with Gasteiger partial charge in [-0.1, -0.05) is 17.7 Å². The number of benzene rings is 2. The van der Waals surface area contributed by atoms with Gasteiger partial charge in [0.25, 0.3) is 5.91 Å². The van der Waals surface area contributed by atoms with Crippen LogP contribution in [0.15, 0.2) is 60.9 Å². The summed E-state index contributed by atoms with van der Waals surface area (Å²) in [6, 6.07) is 13.5. The maximum atomic E-state index is 14.3. The Balaban J connectivity index is 1.51. The van der Waals surface area contributed by atoms with E-state index in [0.717, 1.165) is 24.2 Å². The highest BCUT2D eigenvalue weighted by Crippen LogP contribution is 2.38. The van der Waals surface area contributed by atoms with Crippen LogP contribution >= 0.6 is 11.6 Å². The largest absolute Gasteiger partial charge is 0.347 e. The Morgan fingerprint density at radius 1 is 1.12 bits per heavy atom. The molecule has 2 heterocycles. The zero-order valence-electron chi connectivity index (χ0n) is 18.8. The average molecular weight is 468 g/mol. The van der Waals surface area contributed by atoms with Crippen LogP contribution in [0.1, 0.15) is 49.2 Å². The second-order valence-electron chi connectivity index (χ2n) is 9.13. The Morgan fingerprint density at radius 2 is 1.82 bits per heavy atom. The van der Waals surface area contributed by atoms with Crippen molar-refractivity contribution < 1.29 is 9.18 Å². The first-order chi connectivity index (χ1) is 15.7. The second kappa shape index (κ2) is 9.45. The van der Waals surface area contributed by atoms with Crippen molar-refractivity contribution in [3.8, 4) is 0 Å². The molecule has 1 amide bonds. The van der Waals surface area contributed by atoms with E-state index in [1.54, 1.807) is 36.7 Å². The fourth-order valence-electron chi connectivity index (χ4n) is 4.25. The highest BCUT2D eigenvalue weighted by molar-refractivity contribution is 6.30. The molecule has 2 aromatic carbocycles. The van der Waals surface area contributed by atoms with Crippen molar-refractivity contribution >= 4 is 29.1 Å². The normalized spacial score (nSPS) is 18.8. The van der Waals surface area contributed by atoms with E-state index in [4.69, 9.17) is 11.6 Å². The van der Waals surface area contributed by atoms with Gasteiger partial charge in [-0.25, -0.2) is 14.4 Å². The lowest BCUT2D eigenvalue weighted by Gasteiger charge is -2.39. The lowest BCUT2D eigenvalue weighted by Crippen LogP contribution is -2.45. The van der Waals surface area contributed by atoms with Gasteiger partial charge in [0.2, 0.25) is 5.95 Å². The van der Waals surface area contributed by atoms with Crippen LogP contribution in [0.4, 0.5) is 16.0 Å². The van der Waals surface area contributed by atoms with Gasteiger partial charge in [0.05, 0.1) is 17.1 Å². The van der Waals surface area contributed by atoms with Crippen molar-refractivity contribution in [2.45, 2.75) is 44.8 Å². The Labute approximate surface area is 198 Å². The fourth-order valence-corrected chi connectivity index (χ4v) is 4.37. The fraction of sp³-hybridized carbons (Fsp3) is 0.320. The molecule has 0 saturated carbocycles. The summed E-state index contributed by atoms with van der Waals surface area (Å²) in [5, 5.41) is 6.36. The van der Waals surface area contributed by atoms with Crippen molar-refractivity contribution in [2.24, 2.45) is 0 Å². The maximum Gasteiger partial charge on any atom is 0.251 e. The van der Waals surface area contributed by atoms with Crippen LogP contribution in [-0.2, 0) is 0 Å². The van der Waals surface area contributed by atoms with E-state index in [1.807, 2.05) is 18.2 Å². The van der Waals surface area contributed by atoms with Gasteiger partial charge in [0, 0.05) is 35.7 Å². The van der Waals surface area contributed by atoms with E-state index < -0.39 is 5.82 Å². The molecule has 4 rings (SSSR count). The molecule has 2 atom stereocenters. The monoisotopic (exact) mass is 467 g/mol. The molecule has 1 aliphatic heterocycles. The first-order valence-corrected chi connectivity index (χ1v) is 11.3. The lowest BCUT2D eigenvalue weighted by molar-refractivity contribution is 0.0877. The third-order valence-corrected chi connectivity index (χ3v) is 6.14. The number of hydrogen-bond acceptors (Lipinski definition) is 5. The molecule has 1 fully saturated rings. The van der Waals surface area contributed by atoms with Crippen LogP contribution in [0.5, 0.6) is 0 Å². The van der Waals surface area contributed by atoms with Crippen LogP contribution < -0.4 is 10.6 Å². The quantitative estimate of drug-likeness (QED) is 0.528. The molecule has 1 saturated heterocycles. The minimum absolute atomic E-state index is 0.0919. The summed E-state index contributed by atoms with van der Waals surface area (Å²) in [6.07, 6.45) is 4.08. The van der Waals surface area contributed by atoms with E-state index in [0.29, 0.717) is 11.5 Å². The zero-order valence-corrected chi connectivity index (χ0v) is 19.6. The lowest BCUT2D eigenvalue weighted by atomic mass is 9.96. The summed E-state index contributed by atoms with van der Waals surface area (Å²) < 4.78 is 14.3. The summed E-state index contributed by atoms with van der Waals surface area (Å²) in [4.78, 5) is 23.6. The molecule has 8 heteroatoms. The van der Waals surface area contributed by atoms with Gasteiger partial charge < -0.3 is 10.6 Å². The summed E-state index contributed by atoms with van der Waals surface area (Å²) in [7, 11) is 0. The minimum Gasteiger partial charge on any atom is -0.347 e. The Bertz CT molecular complexity index is 1120. The first-order valence-electron chi connectivity index (χ1n) is 10.9. The van der Waals surface area contributed by atoms with Crippen LogP contribution in [0.2, 0.25) is 5.02 Å². The number of carbonyl (C=O) groups excluding carboxylic acids is 1. The van der Waals surface area contributed by atoms with Crippen LogP contribution in [-0.4, -0.2) is 38.9 Å². The third-order valence-electron chi connectivity index (χ3n) is 5.83. The maximum absolute atomic E-state index is 14.3. The molecule has 6 nitrogen and oxygen atoms in total. The highest BCUT2D eigenvalue weighted by atomic mass is 35.5. The average Bonchev–Trinajstić information content (AvgIpc) is 3.21. The predicted molar refractivity (Wildman–Crippen MR) is 128 cm³/mol. The Morgan fingerprint density at radius 3 is 2.45 bits per heavy atom. The molecular formula is C25H27ClFN5O. The number of amides is 1. The number of carbonyl (C=O) groups is 1. The molecule has 1 aromatic heterocycles. The number of nitrogens with zero attached hydrogens (tertiary/aromatic N) is 3. The second-order valence-corrected chi connectivity index (χ2v) is 9.53. The smallest absolute Gasteiger partial charge is 0.251 e. The van der Waals surface area contributed by atoms with Crippen molar-refractivity contribution in [3.05, 3.63) is 82.9 Å². The highest BCUT2D eigenvalue weighted by Gasteiger charge is 2.41. The molecule has 3 aromatic rings. The van der Waals surface area contributed by atoms with Crippen molar-refractivity contribution in [1.82, 2.24) is 20.2 Å². The van der Waals surface area contributed by atoms with Gasteiger partial charge in [0.15, 0.2) is 0 Å².